The van der Waals surface area contributed by atoms with Gasteiger partial charge in [-0.2, -0.15) is 0 Å². The normalized spacial score (nSPS) is 16.3. The molecule has 5 atom stereocenters. The van der Waals surface area contributed by atoms with E-state index in [-0.39, 0.29) is 31.8 Å². The van der Waals surface area contributed by atoms with Gasteiger partial charge in [-0.15, -0.1) is 0 Å². The Balaban J connectivity index is 1.45. The standard InChI is InChI=1S/C41H52N5O9P/c1-26(2)36(40(49)50)37(56(52,53)54)33(20-27-12-5-3-6-13-27)44-39(48)35(22-31-23-42-25-43-31)45-38(47)34(46-41(51)55-24-28-14-7-4-8-15-28)21-30-18-11-17-29-16-9-10-19-32(29)30/h4,7-11,14-19,23,25-27,33-37H,3,5-6,12-13,20-22,24H2,1-2H3,(H,42,43)(H,44,48)(H,45,47)(H,46,51)(H,49,50)(H2,52,53,54)/t33?,34?,35-,36?,37?/m0/s1. The molecule has 0 aliphatic heterocycles. The number of carbonyl (C=O) groups is 4. The number of aromatic nitrogens is 2. The number of benzene rings is 3. The number of amides is 3. The zero-order valence-corrected chi connectivity index (χ0v) is 32.6. The van der Waals surface area contributed by atoms with Gasteiger partial charge in [0.2, 0.25) is 11.8 Å². The van der Waals surface area contributed by atoms with E-state index in [1.54, 1.807) is 26.0 Å². The molecular formula is C41H52N5O9P. The van der Waals surface area contributed by atoms with Gasteiger partial charge >= 0.3 is 19.7 Å². The number of fused-ring (bicyclic) bond motifs is 1. The number of carboxylic acids is 1. The van der Waals surface area contributed by atoms with Gasteiger partial charge in [-0.25, -0.2) is 9.78 Å². The molecule has 1 aliphatic rings. The van der Waals surface area contributed by atoms with E-state index in [0.29, 0.717) is 5.69 Å². The maximum atomic E-state index is 14.4. The first kappa shape index (κ1) is 42.1. The molecule has 1 aliphatic carbocycles. The van der Waals surface area contributed by atoms with Crippen LogP contribution in [0, 0.1) is 17.8 Å². The van der Waals surface area contributed by atoms with Crippen molar-refractivity contribution in [2.45, 2.75) is 95.6 Å². The van der Waals surface area contributed by atoms with Crippen molar-refractivity contribution in [3.63, 3.8) is 0 Å². The number of H-pyrrole nitrogens is 1. The third-order valence-electron chi connectivity index (χ3n) is 10.5. The van der Waals surface area contributed by atoms with Crippen molar-refractivity contribution < 1.29 is 43.4 Å². The molecule has 5 rings (SSSR count). The topological polar surface area (TPSA) is 220 Å². The van der Waals surface area contributed by atoms with Crippen LogP contribution in [0.3, 0.4) is 0 Å². The van der Waals surface area contributed by atoms with Gasteiger partial charge in [-0.1, -0.05) is 119 Å². The smallest absolute Gasteiger partial charge is 0.408 e. The summed E-state index contributed by atoms with van der Waals surface area (Å²) in [7, 11) is -5.11. The lowest BCUT2D eigenvalue weighted by atomic mass is 9.80. The molecule has 4 unspecified atom stereocenters. The molecule has 3 aromatic carbocycles. The highest BCUT2D eigenvalue weighted by Gasteiger charge is 2.48. The molecule has 7 N–H and O–H groups in total. The number of hydrogen-bond donors (Lipinski definition) is 7. The number of carboxylic acid groups (broad SMARTS) is 1. The van der Waals surface area contributed by atoms with Crippen molar-refractivity contribution in [3.05, 3.63) is 102 Å². The number of nitrogens with zero attached hydrogens (tertiary/aromatic N) is 1. The Labute approximate surface area is 326 Å². The van der Waals surface area contributed by atoms with E-state index in [2.05, 4.69) is 25.9 Å². The van der Waals surface area contributed by atoms with Crippen molar-refractivity contribution in [1.29, 1.82) is 0 Å². The van der Waals surface area contributed by atoms with Crippen LogP contribution in [-0.4, -0.2) is 72.5 Å². The number of nitrogens with one attached hydrogen (secondary N) is 4. The third kappa shape index (κ3) is 11.7. The van der Waals surface area contributed by atoms with Gasteiger partial charge in [0.1, 0.15) is 18.7 Å². The lowest BCUT2D eigenvalue weighted by Gasteiger charge is -2.37. The first-order chi connectivity index (χ1) is 26.8. The molecular weight excluding hydrogens is 737 g/mol. The predicted molar refractivity (Wildman–Crippen MR) is 210 cm³/mol. The van der Waals surface area contributed by atoms with Crippen LogP contribution in [0.4, 0.5) is 4.79 Å². The van der Waals surface area contributed by atoms with Crippen LogP contribution in [-0.2, 0) is 43.1 Å². The molecule has 1 saturated carbocycles. The molecule has 0 saturated heterocycles. The van der Waals surface area contributed by atoms with E-state index >= 15 is 0 Å². The van der Waals surface area contributed by atoms with Crippen LogP contribution >= 0.6 is 7.60 Å². The molecule has 3 amide bonds. The van der Waals surface area contributed by atoms with Gasteiger partial charge < -0.3 is 40.6 Å². The van der Waals surface area contributed by atoms with Crippen molar-refractivity contribution >= 4 is 42.2 Å². The molecule has 0 spiro atoms. The van der Waals surface area contributed by atoms with Crippen molar-refractivity contribution in [3.8, 4) is 0 Å². The van der Waals surface area contributed by atoms with E-state index in [4.69, 9.17) is 4.74 Å². The highest BCUT2D eigenvalue weighted by molar-refractivity contribution is 7.52. The Kier molecular flexibility index (Phi) is 14.8. The molecule has 1 fully saturated rings. The Morgan fingerprint density at radius 3 is 2.18 bits per heavy atom. The van der Waals surface area contributed by atoms with E-state index in [9.17, 15) is 38.6 Å². The van der Waals surface area contributed by atoms with Gasteiger partial charge in [0.15, 0.2) is 0 Å². The summed E-state index contributed by atoms with van der Waals surface area (Å²) in [5.74, 6) is -4.99. The lowest BCUT2D eigenvalue weighted by molar-refractivity contribution is -0.144. The zero-order valence-electron chi connectivity index (χ0n) is 31.7. The first-order valence-corrected chi connectivity index (χ1v) is 20.8. The number of carbonyl (C=O) groups excluding carboxylic acids is 3. The van der Waals surface area contributed by atoms with Gasteiger partial charge in [0.25, 0.3) is 0 Å². The summed E-state index contributed by atoms with van der Waals surface area (Å²) in [5, 5.41) is 20.3. The van der Waals surface area contributed by atoms with Crippen LogP contribution in [0.5, 0.6) is 0 Å². The third-order valence-corrected chi connectivity index (χ3v) is 12.0. The van der Waals surface area contributed by atoms with Crippen LogP contribution in [0.25, 0.3) is 10.8 Å². The fraction of sp³-hybridized carbons (Fsp3) is 0.439. The minimum atomic E-state index is -5.11. The maximum Gasteiger partial charge on any atom is 0.408 e. The fourth-order valence-corrected chi connectivity index (χ4v) is 9.33. The monoisotopic (exact) mass is 789 g/mol. The summed E-state index contributed by atoms with van der Waals surface area (Å²) in [6, 6.07) is 18.5. The maximum absolute atomic E-state index is 14.4. The van der Waals surface area contributed by atoms with Gasteiger partial charge in [0.05, 0.1) is 17.9 Å². The second kappa shape index (κ2) is 19.7. The number of aromatic amines is 1. The SMILES string of the molecule is CC(C)C(C(=O)O)C(C(CC1CCCCC1)NC(=O)[C@H](Cc1cnc[nH]1)NC(=O)C(Cc1cccc2ccccc12)NC(=O)OCc1ccccc1)P(=O)(O)O. The minimum absolute atomic E-state index is 0.00142. The number of hydrogen-bond acceptors (Lipinski definition) is 7. The summed E-state index contributed by atoms with van der Waals surface area (Å²) in [5.41, 5.74) is 0.251. The zero-order chi connectivity index (χ0) is 40.2. The Morgan fingerprint density at radius 1 is 0.857 bits per heavy atom. The van der Waals surface area contributed by atoms with Crippen molar-refractivity contribution in [2.24, 2.45) is 17.8 Å². The highest BCUT2D eigenvalue weighted by Crippen LogP contribution is 2.50. The van der Waals surface area contributed by atoms with Crippen LogP contribution in [0.1, 0.15) is 69.2 Å². The summed E-state index contributed by atoms with van der Waals surface area (Å²) < 4.78 is 18.7. The largest absolute Gasteiger partial charge is 0.481 e. The summed E-state index contributed by atoms with van der Waals surface area (Å²) in [6.45, 7) is 3.11. The lowest BCUT2D eigenvalue weighted by Crippen LogP contribution is -2.58. The summed E-state index contributed by atoms with van der Waals surface area (Å²) >= 11 is 0. The molecule has 15 heteroatoms. The molecule has 14 nitrogen and oxygen atoms in total. The number of ether oxygens (including phenoxy) is 1. The predicted octanol–water partition coefficient (Wildman–Crippen LogP) is 5.49. The molecule has 1 heterocycles. The average molecular weight is 790 g/mol. The molecule has 4 aromatic rings. The van der Waals surface area contributed by atoms with E-state index in [0.717, 1.165) is 54.0 Å². The molecule has 1 aromatic heterocycles. The second-order valence-corrected chi connectivity index (χ2v) is 16.8. The van der Waals surface area contributed by atoms with Crippen molar-refractivity contribution in [2.75, 3.05) is 0 Å². The van der Waals surface area contributed by atoms with Crippen LogP contribution in [0.2, 0.25) is 0 Å². The minimum Gasteiger partial charge on any atom is -0.481 e. The Bertz CT molecular complexity index is 1960. The van der Waals surface area contributed by atoms with Crippen LogP contribution in [0.15, 0.2) is 85.3 Å². The number of aliphatic carboxylic acids is 1. The first-order valence-electron chi connectivity index (χ1n) is 19.1. The number of imidazole rings is 1. The van der Waals surface area contributed by atoms with E-state index in [1.165, 1.54) is 12.5 Å². The highest BCUT2D eigenvalue weighted by atomic mass is 31.2. The van der Waals surface area contributed by atoms with Gasteiger partial charge in [-0.3, -0.25) is 18.9 Å². The van der Waals surface area contributed by atoms with E-state index in [1.807, 2.05) is 60.7 Å². The number of alkyl carbamates (subject to hydrolysis) is 1. The second-order valence-electron chi connectivity index (χ2n) is 15.0. The number of rotatable bonds is 18. The summed E-state index contributed by atoms with van der Waals surface area (Å²) in [6.07, 6.45) is 6.52. The molecule has 56 heavy (non-hydrogen) atoms. The van der Waals surface area contributed by atoms with Crippen LogP contribution < -0.4 is 16.0 Å². The molecule has 0 radical (unpaired) electrons. The van der Waals surface area contributed by atoms with Crippen molar-refractivity contribution in [1.82, 2.24) is 25.9 Å². The van der Waals surface area contributed by atoms with Gasteiger partial charge in [-0.05, 0) is 40.2 Å². The van der Waals surface area contributed by atoms with E-state index < -0.39 is 67.1 Å². The molecule has 300 valence electrons. The quantitative estimate of drug-likeness (QED) is 0.0629. The average Bonchev–Trinajstić information content (AvgIpc) is 3.68. The summed E-state index contributed by atoms with van der Waals surface area (Å²) in [4.78, 5) is 82.9. The fourth-order valence-electron chi connectivity index (χ4n) is 7.77. The Hall–Kier alpha value is -5.04. The molecule has 0 bridgehead atoms. The Morgan fingerprint density at radius 2 is 1.52 bits per heavy atom. The van der Waals surface area contributed by atoms with Gasteiger partial charge in [0, 0.05) is 30.8 Å².